The van der Waals surface area contributed by atoms with Gasteiger partial charge < -0.3 is 15.2 Å². The lowest BCUT2D eigenvalue weighted by atomic mass is 9.96. The van der Waals surface area contributed by atoms with Gasteiger partial charge in [0.1, 0.15) is 23.8 Å². The van der Waals surface area contributed by atoms with Gasteiger partial charge in [0, 0.05) is 25.6 Å². The van der Waals surface area contributed by atoms with Crippen LogP contribution in [0, 0.1) is 0 Å². The van der Waals surface area contributed by atoms with E-state index in [1.807, 2.05) is 24.7 Å². The largest absolute Gasteiger partial charge is 0.373 e. The van der Waals surface area contributed by atoms with Gasteiger partial charge in [0.2, 0.25) is 0 Å². The van der Waals surface area contributed by atoms with Crippen molar-refractivity contribution in [3.63, 3.8) is 0 Å². The Morgan fingerprint density at radius 2 is 1.90 bits per heavy atom. The SMILES string of the molecule is CNc1cc(NCc2nncn2C)nc(C(C)(C)C)n1. The number of anilines is 2. The van der Waals surface area contributed by atoms with Crippen molar-refractivity contribution >= 4 is 11.6 Å². The van der Waals surface area contributed by atoms with E-state index in [0.29, 0.717) is 6.54 Å². The standard InChI is InChI=1S/C13H21N7/c1-13(2,3)12-17-9(14-4)6-10(18-12)15-7-11-19-16-8-20(11)5/h6,8H,7H2,1-5H3,(H2,14,15,17,18). The highest BCUT2D eigenvalue weighted by molar-refractivity contribution is 5.47. The van der Waals surface area contributed by atoms with E-state index in [0.717, 1.165) is 23.3 Å². The molecule has 0 saturated carbocycles. The van der Waals surface area contributed by atoms with Crippen molar-refractivity contribution in [2.24, 2.45) is 7.05 Å². The number of hydrogen-bond acceptors (Lipinski definition) is 6. The number of nitrogens with zero attached hydrogens (tertiary/aromatic N) is 5. The summed E-state index contributed by atoms with van der Waals surface area (Å²) in [7, 11) is 3.76. The highest BCUT2D eigenvalue weighted by atomic mass is 15.3. The summed E-state index contributed by atoms with van der Waals surface area (Å²) >= 11 is 0. The summed E-state index contributed by atoms with van der Waals surface area (Å²) in [4.78, 5) is 9.05. The second-order valence-corrected chi connectivity index (χ2v) is 5.67. The second kappa shape index (κ2) is 5.44. The van der Waals surface area contributed by atoms with Gasteiger partial charge >= 0.3 is 0 Å². The molecule has 7 nitrogen and oxygen atoms in total. The third-order valence-electron chi connectivity index (χ3n) is 2.89. The van der Waals surface area contributed by atoms with Crippen molar-refractivity contribution in [2.75, 3.05) is 17.7 Å². The van der Waals surface area contributed by atoms with Crippen molar-refractivity contribution in [3.8, 4) is 0 Å². The maximum Gasteiger partial charge on any atom is 0.151 e. The van der Waals surface area contributed by atoms with Crippen LogP contribution in [0.5, 0.6) is 0 Å². The first-order valence-electron chi connectivity index (χ1n) is 6.54. The predicted octanol–water partition coefficient (Wildman–Crippen LogP) is 1.56. The van der Waals surface area contributed by atoms with E-state index >= 15 is 0 Å². The van der Waals surface area contributed by atoms with Crippen molar-refractivity contribution in [3.05, 3.63) is 24.0 Å². The minimum atomic E-state index is -0.103. The van der Waals surface area contributed by atoms with E-state index in [1.165, 1.54) is 0 Å². The molecule has 2 aromatic rings. The Balaban J connectivity index is 2.21. The van der Waals surface area contributed by atoms with E-state index in [-0.39, 0.29) is 5.41 Å². The molecule has 0 spiro atoms. The molecule has 0 aliphatic carbocycles. The fraction of sp³-hybridized carbons (Fsp3) is 0.538. The summed E-state index contributed by atoms with van der Waals surface area (Å²) in [5, 5.41) is 14.2. The van der Waals surface area contributed by atoms with E-state index in [1.54, 1.807) is 6.33 Å². The molecule has 0 atom stereocenters. The van der Waals surface area contributed by atoms with Crippen LogP contribution in [0.4, 0.5) is 11.6 Å². The van der Waals surface area contributed by atoms with Crippen LogP contribution in [-0.4, -0.2) is 31.8 Å². The van der Waals surface area contributed by atoms with Crippen molar-refractivity contribution < 1.29 is 0 Å². The average Bonchev–Trinajstić information content (AvgIpc) is 2.80. The highest BCUT2D eigenvalue weighted by Gasteiger charge is 2.19. The monoisotopic (exact) mass is 275 g/mol. The molecule has 2 rings (SSSR count). The van der Waals surface area contributed by atoms with Crippen LogP contribution in [-0.2, 0) is 19.0 Å². The summed E-state index contributed by atoms with van der Waals surface area (Å²) in [6.45, 7) is 6.84. The minimum absolute atomic E-state index is 0.103. The fourth-order valence-electron chi connectivity index (χ4n) is 1.64. The van der Waals surface area contributed by atoms with Gasteiger partial charge in [-0.2, -0.15) is 0 Å². The number of hydrogen-bond donors (Lipinski definition) is 2. The topological polar surface area (TPSA) is 80.5 Å². The molecule has 0 radical (unpaired) electrons. The molecule has 0 aliphatic rings. The molecule has 0 fully saturated rings. The summed E-state index contributed by atoms with van der Waals surface area (Å²) in [5.41, 5.74) is -0.103. The highest BCUT2D eigenvalue weighted by Crippen LogP contribution is 2.22. The van der Waals surface area contributed by atoms with Gasteiger partial charge in [-0.1, -0.05) is 20.8 Å². The summed E-state index contributed by atoms with van der Waals surface area (Å²) in [6, 6.07) is 1.88. The number of rotatable bonds is 4. The molecule has 0 bridgehead atoms. The van der Waals surface area contributed by atoms with Gasteiger partial charge in [0.15, 0.2) is 5.82 Å². The first-order valence-corrected chi connectivity index (χ1v) is 6.54. The molecular formula is C13H21N7. The lowest BCUT2D eigenvalue weighted by Gasteiger charge is -2.18. The molecule has 20 heavy (non-hydrogen) atoms. The lowest BCUT2D eigenvalue weighted by Crippen LogP contribution is -2.18. The zero-order valence-corrected chi connectivity index (χ0v) is 12.6. The third-order valence-corrected chi connectivity index (χ3v) is 2.89. The molecule has 0 saturated heterocycles. The lowest BCUT2D eigenvalue weighted by molar-refractivity contribution is 0.546. The molecule has 0 unspecified atom stereocenters. The molecular weight excluding hydrogens is 254 g/mol. The normalized spacial score (nSPS) is 11.4. The van der Waals surface area contributed by atoms with E-state index in [9.17, 15) is 0 Å². The van der Waals surface area contributed by atoms with Crippen LogP contribution < -0.4 is 10.6 Å². The van der Waals surface area contributed by atoms with Gasteiger partial charge in [0.05, 0.1) is 6.54 Å². The number of nitrogens with one attached hydrogen (secondary N) is 2. The maximum atomic E-state index is 4.56. The second-order valence-electron chi connectivity index (χ2n) is 5.67. The van der Waals surface area contributed by atoms with Crippen molar-refractivity contribution in [1.82, 2.24) is 24.7 Å². The van der Waals surface area contributed by atoms with Crippen LogP contribution >= 0.6 is 0 Å². The summed E-state index contributed by atoms with van der Waals surface area (Å²) < 4.78 is 1.87. The molecule has 0 aliphatic heterocycles. The quantitative estimate of drug-likeness (QED) is 0.881. The molecule has 2 aromatic heterocycles. The Kier molecular flexibility index (Phi) is 3.87. The Hall–Kier alpha value is -2.18. The summed E-state index contributed by atoms with van der Waals surface area (Å²) in [5.74, 6) is 3.22. The molecule has 2 N–H and O–H groups in total. The summed E-state index contributed by atoms with van der Waals surface area (Å²) in [6.07, 6.45) is 1.68. The predicted molar refractivity (Wildman–Crippen MR) is 78.6 cm³/mol. The zero-order valence-electron chi connectivity index (χ0n) is 12.6. The Labute approximate surface area is 118 Å². The Morgan fingerprint density at radius 3 is 2.45 bits per heavy atom. The average molecular weight is 275 g/mol. The van der Waals surface area contributed by atoms with Gasteiger partial charge in [-0.05, 0) is 0 Å². The molecule has 7 heteroatoms. The smallest absolute Gasteiger partial charge is 0.151 e. The first kappa shape index (κ1) is 14.2. The number of aromatic nitrogens is 5. The van der Waals surface area contributed by atoms with Crippen LogP contribution in [0.25, 0.3) is 0 Å². The van der Waals surface area contributed by atoms with Gasteiger partial charge in [0.25, 0.3) is 0 Å². The zero-order chi connectivity index (χ0) is 14.8. The number of aryl methyl sites for hydroxylation is 1. The van der Waals surface area contributed by atoms with Crippen LogP contribution in [0.3, 0.4) is 0 Å². The Bertz CT molecular complexity index is 583. The van der Waals surface area contributed by atoms with Crippen molar-refractivity contribution in [2.45, 2.75) is 32.7 Å². The van der Waals surface area contributed by atoms with Crippen LogP contribution in [0.2, 0.25) is 0 Å². The van der Waals surface area contributed by atoms with Gasteiger partial charge in [-0.15, -0.1) is 10.2 Å². The molecule has 0 amide bonds. The van der Waals surface area contributed by atoms with E-state index in [2.05, 4.69) is 51.6 Å². The van der Waals surface area contributed by atoms with Gasteiger partial charge in [-0.3, -0.25) is 0 Å². The third kappa shape index (κ3) is 3.23. The van der Waals surface area contributed by atoms with Crippen molar-refractivity contribution in [1.29, 1.82) is 0 Å². The van der Waals surface area contributed by atoms with E-state index < -0.39 is 0 Å². The molecule has 0 aromatic carbocycles. The van der Waals surface area contributed by atoms with E-state index in [4.69, 9.17) is 0 Å². The Morgan fingerprint density at radius 1 is 1.20 bits per heavy atom. The molecule has 108 valence electrons. The first-order chi connectivity index (χ1) is 9.40. The minimum Gasteiger partial charge on any atom is -0.373 e. The maximum absolute atomic E-state index is 4.56. The molecule has 2 heterocycles. The fourth-order valence-corrected chi connectivity index (χ4v) is 1.64. The van der Waals surface area contributed by atoms with Crippen LogP contribution in [0.1, 0.15) is 32.4 Å². The van der Waals surface area contributed by atoms with Gasteiger partial charge in [-0.25, -0.2) is 9.97 Å². The van der Waals surface area contributed by atoms with Crippen LogP contribution in [0.15, 0.2) is 12.4 Å².